The Kier molecular flexibility index (Phi) is 5.87. The van der Waals surface area contributed by atoms with Gasteiger partial charge < -0.3 is 0 Å². The van der Waals surface area contributed by atoms with Gasteiger partial charge in [0.05, 0.1) is 12.2 Å². The van der Waals surface area contributed by atoms with Crippen LogP contribution in [0.3, 0.4) is 0 Å². The first-order valence-electron chi connectivity index (χ1n) is 5.73. The number of nitrogens with zero attached hydrogens (tertiary/aromatic N) is 2. The van der Waals surface area contributed by atoms with Gasteiger partial charge in [-0.25, -0.2) is 0 Å². The Bertz CT molecular complexity index is 298. The molecule has 0 radical (unpaired) electrons. The normalized spacial score (nSPS) is 13.3. The van der Waals surface area contributed by atoms with E-state index in [-0.39, 0.29) is 6.04 Å². The van der Waals surface area contributed by atoms with Gasteiger partial charge in [0.15, 0.2) is 0 Å². The van der Waals surface area contributed by atoms with Gasteiger partial charge >= 0.3 is 0 Å². The van der Waals surface area contributed by atoms with E-state index in [1.54, 1.807) is 0 Å². The van der Waals surface area contributed by atoms with Crippen molar-refractivity contribution in [2.75, 3.05) is 11.5 Å². The second kappa shape index (κ2) is 6.93. The van der Waals surface area contributed by atoms with Gasteiger partial charge in [-0.15, -0.1) is 0 Å². The maximum atomic E-state index is 5.57. The summed E-state index contributed by atoms with van der Waals surface area (Å²) in [5.41, 5.74) is 4.02. The lowest BCUT2D eigenvalue weighted by atomic mass is 10.2. The molecule has 3 N–H and O–H groups in total. The first-order valence-corrected chi connectivity index (χ1v) is 6.89. The monoisotopic (exact) mass is 242 g/mol. The average Bonchev–Trinajstić information content (AvgIpc) is 2.72. The van der Waals surface area contributed by atoms with Crippen molar-refractivity contribution >= 4 is 11.8 Å². The Labute approximate surface area is 102 Å². The highest BCUT2D eigenvalue weighted by Crippen LogP contribution is 2.18. The summed E-state index contributed by atoms with van der Waals surface area (Å²) in [6.07, 6.45) is 3.95. The summed E-state index contributed by atoms with van der Waals surface area (Å²) in [5.74, 6) is 8.45. The zero-order valence-corrected chi connectivity index (χ0v) is 11.1. The van der Waals surface area contributed by atoms with E-state index in [9.17, 15) is 0 Å². The van der Waals surface area contributed by atoms with Crippen molar-refractivity contribution in [2.45, 2.75) is 33.4 Å². The predicted octanol–water partition coefficient (Wildman–Crippen LogP) is 1.80. The molecule has 0 spiro atoms. The van der Waals surface area contributed by atoms with Gasteiger partial charge in [0, 0.05) is 24.1 Å². The standard InChI is InChI=1S/C11H22N4S/c1-4-15-6-10(5-13-15)11(14-12)8-16-7-9(2)3/h5-6,9,11,14H,4,7-8,12H2,1-3H3. The first kappa shape index (κ1) is 13.5. The first-order chi connectivity index (χ1) is 7.67. The van der Waals surface area contributed by atoms with Crippen LogP contribution in [0.2, 0.25) is 0 Å². The third kappa shape index (κ3) is 4.15. The molecule has 0 amide bonds. The number of nitrogens with two attached hydrogens (primary N) is 1. The van der Waals surface area contributed by atoms with Crippen molar-refractivity contribution < 1.29 is 0 Å². The lowest BCUT2D eigenvalue weighted by Gasteiger charge is -2.14. The van der Waals surface area contributed by atoms with Crippen LogP contribution in [0.15, 0.2) is 12.4 Å². The number of hydrogen-bond acceptors (Lipinski definition) is 4. The molecule has 0 saturated carbocycles. The number of nitrogens with one attached hydrogen (secondary N) is 1. The highest BCUT2D eigenvalue weighted by Gasteiger charge is 2.11. The molecule has 0 bridgehead atoms. The molecule has 1 rings (SSSR count). The minimum Gasteiger partial charge on any atom is -0.273 e. The minimum atomic E-state index is 0.198. The van der Waals surface area contributed by atoms with E-state index in [0.717, 1.165) is 18.2 Å². The summed E-state index contributed by atoms with van der Waals surface area (Å²) in [6.45, 7) is 7.44. The van der Waals surface area contributed by atoms with Gasteiger partial charge in [0.2, 0.25) is 0 Å². The molecule has 92 valence electrons. The fraction of sp³-hybridized carbons (Fsp3) is 0.727. The van der Waals surface area contributed by atoms with Crippen LogP contribution in [0.25, 0.3) is 0 Å². The van der Waals surface area contributed by atoms with Crippen LogP contribution in [-0.4, -0.2) is 21.3 Å². The van der Waals surface area contributed by atoms with Crippen LogP contribution in [0.1, 0.15) is 32.4 Å². The summed E-state index contributed by atoms with van der Waals surface area (Å²) >= 11 is 1.93. The van der Waals surface area contributed by atoms with Gasteiger partial charge in [-0.05, 0) is 18.6 Å². The van der Waals surface area contributed by atoms with E-state index in [4.69, 9.17) is 5.84 Å². The van der Waals surface area contributed by atoms with Crippen molar-refractivity contribution in [2.24, 2.45) is 11.8 Å². The zero-order chi connectivity index (χ0) is 12.0. The van der Waals surface area contributed by atoms with Crippen LogP contribution < -0.4 is 11.3 Å². The molecule has 1 aromatic heterocycles. The number of thioether (sulfide) groups is 1. The quantitative estimate of drug-likeness (QED) is 0.565. The molecule has 1 unspecified atom stereocenters. The van der Waals surface area contributed by atoms with Gasteiger partial charge in [0.1, 0.15) is 0 Å². The van der Waals surface area contributed by atoms with E-state index in [0.29, 0.717) is 0 Å². The van der Waals surface area contributed by atoms with Crippen molar-refractivity contribution in [3.8, 4) is 0 Å². The molecule has 1 aromatic rings. The maximum Gasteiger partial charge on any atom is 0.0581 e. The smallest absolute Gasteiger partial charge is 0.0581 e. The van der Waals surface area contributed by atoms with E-state index in [1.165, 1.54) is 11.3 Å². The van der Waals surface area contributed by atoms with Crippen LogP contribution >= 0.6 is 11.8 Å². The second-order valence-corrected chi connectivity index (χ2v) is 5.35. The Morgan fingerprint density at radius 3 is 2.75 bits per heavy atom. The number of aromatic nitrogens is 2. The molecule has 0 aliphatic heterocycles. The van der Waals surface area contributed by atoms with E-state index in [1.807, 2.05) is 22.6 Å². The van der Waals surface area contributed by atoms with E-state index in [2.05, 4.69) is 37.5 Å². The summed E-state index contributed by atoms with van der Waals surface area (Å²) in [5, 5.41) is 4.26. The van der Waals surface area contributed by atoms with E-state index < -0.39 is 0 Å². The number of hydrogen-bond donors (Lipinski definition) is 2. The lowest BCUT2D eigenvalue weighted by molar-refractivity contribution is 0.606. The van der Waals surface area contributed by atoms with Crippen molar-refractivity contribution in [3.05, 3.63) is 18.0 Å². The molecular formula is C11H22N4S. The summed E-state index contributed by atoms with van der Waals surface area (Å²) in [6, 6.07) is 0.198. The Morgan fingerprint density at radius 1 is 1.50 bits per heavy atom. The van der Waals surface area contributed by atoms with Gasteiger partial charge in [-0.1, -0.05) is 13.8 Å². The molecule has 1 heterocycles. The second-order valence-electron chi connectivity index (χ2n) is 4.28. The molecule has 0 aliphatic rings. The number of aryl methyl sites for hydroxylation is 1. The Hall–Kier alpha value is -0.520. The summed E-state index contributed by atoms with van der Waals surface area (Å²) in [4.78, 5) is 0. The zero-order valence-electron chi connectivity index (χ0n) is 10.3. The third-order valence-corrected chi connectivity index (χ3v) is 3.79. The molecule has 0 aliphatic carbocycles. The fourth-order valence-electron chi connectivity index (χ4n) is 1.39. The molecule has 0 fully saturated rings. The maximum absolute atomic E-state index is 5.57. The Balaban J connectivity index is 2.46. The van der Waals surface area contributed by atoms with Gasteiger partial charge in [0.25, 0.3) is 0 Å². The average molecular weight is 242 g/mol. The van der Waals surface area contributed by atoms with Gasteiger partial charge in [-0.3, -0.25) is 16.0 Å². The van der Waals surface area contributed by atoms with Crippen molar-refractivity contribution in [3.63, 3.8) is 0 Å². The molecule has 5 heteroatoms. The summed E-state index contributed by atoms with van der Waals surface area (Å²) in [7, 11) is 0. The van der Waals surface area contributed by atoms with Crippen LogP contribution in [0, 0.1) is 5.92 Å². The van der Waals surface area contributed by atoms with Crippen LogP contribution in [0.5, 0.6) is 0 Å². The summed E-state index contributed by atoms with van der Waals surface area (Å²) < 4.78 is 1.92. The Morgan fingerprint density at radius 2 is 2.25 bits per heavy atom. The number of rotatable bonds is 7. The third-order valence-electron chi connectivity index (χ3n) is 2.32. The molecule has 4 nitrogen and oxygen atoms in total. The lowest BCUT2D eigenvalue weighted by Crippen LogP contribution is -2.29. The largest absolute Gasteiger partial charge is 0.273 e. The van der Waals surface area contributed by atoms with Gasteiger partial charge in [-0.2, -0.15) is 16.9 Å². The molecule has 0 saturated heterocycles. The topological polar surface area (TPSA) is 55.9 Å². The van der Waals surface area contributed by atoms with Crippen LogP contribution in [-0.2, 0) is 6.54 Å². The number of hydrazine groups is 1. The SMILES string of the molecule is CCn1cc(C(CSCC(C)C)NN)cn1. The highest BCUT2D eigenvalue weighted by atomic mass is 32.2. The fourth-order valence-corrected chi connectivity index (χ4v) is 2.53. The molecule has 16 heavy (non-hydrogen) atoms. The molecule has 0 aromatic carbocycles. The molecule has 1 atom stereocenters. The van der Waals surface area contributed by atoms with Crippen molar-refractivity contribution in [1.29, 1.82) is 0 Å². The molecular weight excluding hydrogens is 220 g/mol. The van der Waals surface area contributed by atoms with E-state index >= 15 is 0 Å². The van der Waals surface area contributed by atoms with Crippen molar-refractivity contribution in [1.82, 2.24) is 15.2 Å². The van der Waals surface area contributed by atoms with Crippen LogP contribution in [0.4, 0.5) is 0 Å². The minimum absolute atomic E-state index is 0.198. The predicted molar refractivity (Wildman–Crippen MR) is 70.1 cm³/mol. The highest BCUT2D eigenvalue weighted by molar-refractivity contribution is 7.99.